The van der Waals surface area contributed by atoms with E-state index in [1.54, 1.807) is 7.11 Å². The Bertz CT molecular complexity index is 712. The minimum Gasteiger partial charge on any atom is -0.495 e. The monoisotopic (exact) mass is 354 g/mol. The first-order chi connectivity index (χ1) is 12.7. The summed E-state index contributed by atoms with van der Waals surface area (Å²) < 4.78 is 5.29. The van der Waals surface area contributed by atoms with Crippen LogP contribution in [0.4, 0.5) is 5.69 Å². The van der Waals surface area contributed by atoms with Crippen molar-refractivity contribution in [3.05, 3.63) is 60.2 Å². The first kappa shape index (κ1) is 18.4. The lowest BCUT2D eigenvalue weighted by Crippen LogP contribution is -2.40. The maximum Gasteiger partial charge on any atom is 0.227 e. The van der Waals surface area contributed by atoms with Gasteiger partial charge in [0.25, 0.3) is 0 Å². The van der Waals surface area contributed by atoms with Crippen molar-refractivity contribution in [2.24, 2.45) is 5.92 Å². The standard InChI is InChI=1S/C21H26N2O3/c1-26-20-10-6-5-9-18(20)22-21(25)17-11-13-23(14-12-17)15-19(24)16-7-3-2-4-8-16/h2-10,17,19,24H,11-15H2,1H3,(H,22,25)/t19-/m0/s1. The number of hydrogen-bond donors (Lipinski definition) is 2. The van der Waals surface area contributed by atoms with E-state index in [9.17, 15) is 9.90 Å². The van der Waals surface area contributed by atoms with Gasteiger partial charge >= 0.3 is 0 Å². The van der Waals surface area contributed by atoms with E-state index in [0.29, 0.717) is 18.0 Å². The minimum atomic E-state index is -0.491. The number of carbonyl (C=O) groups is 1. The topological polar surface area (TPSA) is 61.8 Å². The van der Waals surface area contributed by atoms with Crippen LogP contribution in [0.5, 0.6) is 5.75 Å². The molecule has 1 aliphatic rings. The van der Waals surface area contributed by atoms with E-state index in [0.717, 1.165) is 31.5 Å². The average molecular weight is 354 g/mol. The van der Waals surface area contributed by atoms with E-state index < -0.39 is 6.10 Å². The number of carbonyl (C=O) groups excluding carboxylic acids is 1. The van der Waals surface area contributed by atoms with Crippen molar-refractivity contribution in [1.29, 1.82) is 0 Å². The fourth-order valence-electron chi connectivity index (χ4n) is 3.39. The molecular weight excluding hydrogens is 328 g/mol. The van der Waals surface area contributed by atoms with Gasteiger partial charge in [-0.3, -0.25) is 4.79 Å². The van der Waals surface area contributed by atoms with Crippen molar-refractivity contribution in [2.45, 2.75) is 18.9 Å². The number of anilines is 1. The van der Waals surface area contributed by atoms with Crippen molar-refractivity contribution < 1.29 is 14.6 Å². The molecule has 2 aromatic rings. The van der Waals surface area contributed by atoms with E-state index >= 15 is 0 Å². The first-order valence-corrected chi connectivity index (χ1v) is 9.06. The molecule has 0 unspecified atom stereocenters. The van der Waals surface area contributed by atoms with Crippen LogP contribution >= 0.6 is 0 Å². The van der Waals surface area contributed by atoms with Crippen LogP contribution in [0.3, 0.4) is 0 Å². The number of likely N-dealkylation sites (tertiary alicyclic amines) is 1. The van der Waals surface area contributed by atoms with E-state index in [2.05, 4.69) is 10.2 Å². The maximum absolute atomic E-state index is 12.6. The molecule has 2 N–H and O–H groups in total. The second-order valence-electron chi connectivity index (χ2n) is 6.69. The molecule has 26 heavy (non-hydrogen) atoms. The Labute approximate surface area is 154 Å². The van der Waals surface area contributed by atoms with Crippen molar-refractivity contribution in [1.82, 2.24) is 4.90 Å². The summed E-state index contributed by atoms with van der Waals surface area (Å²) in [5.74, 6) is 0.701. The summed E-state index contributed by atoms with van der Waals surface area (Å²) in [5, 5.41) is 13.3. The SMILES string of the molecule is COc1ccccc1NC(=O)C1CCN(C[C@H](O)c2ccccc2)CC1. The second kappa shape index (κ2) is 8.83. The molecule has 1 amide bonds. The van der Waals surface area contributed by atoms with E-state index in [1.165, 1.54) is 0 Å². The Kier molecular flexibility index (Phi) is 6.26. The number of ether oxygens (including phenoxy) is 1. The number of nitrogens with one attached hydrogen (secondary N) is 1. The third-order valence-electron chi connectivity index (χ3n) is 4.94. The molecular formula is C21H26N2O3. The average Bonchev–Trinajstić information content (AvgIpc) is 2.69. The predicted octanol–water partition coefficient (Wildman–Crippen LogP) is 3.08. The van der Waals surface area contributed by atoms with Gasteiger partial charge < -0.3 is 20.1 Å². The lowest BCUT2D eigenvalue weighted by atomic mass is 9.95. The zero-order valence-electron chi connectivity index (χ0n) is 15.1. The molecule has 1 aliphatic heterocycles. The van der Waals surface area contributed by atoms with Gasteiger partial charge in [-0.2, -0.15) is 0 Å². The zero-order chi connectivity index (χ0) is 18.4. The summed E-state index contributed by atoms with van der Waals surface area (Å²) in [6.45, 7) is 2.23. The highest BCUT2D eigenvalue weighted by Crippen LogP contribution is 2.26. The lowest BCUT2D eigenvalue weighted by Gasteiger charge is -2.32. The number of para-hydroxylation sites is 2. The minimum absolute atomic E-state index is 0.00923. The fourth-order valence-corrected chi connectivity index (χ4v) is 3.39. The third kappa shape index (κ3) is 4.62. The van der Waals surface area contributed by atoms with Crippen LogP contribution in [0.1, 0.15) is 24.5 Å². The molecule has 0 saturated carbocycles. The molecule has 1 fully saturated rings. The van der Waals surface area contributed by atoms with E-state index in [-0.39, 0.29) is 11.8 Å². The number of amides is 1. The Morgan fingerprint density at radius 1 is 1.15 bits per heavy atom. The van der Waals surface area contributed by atoms with Crippen LogP contribution in [-0.2, 0) is 4.79 Å². The van der Waals surface area contributed by atoms with Gasteiger partial charge in [0.2, 0.25) is 5.91 Å². The molecule has 0 bridgehead atoms. The Balaban J connectivity index is 1.49. The summed E-state index contributed by atoms with van der Waals surface area (Å²) in [6.07, 6.45) is 1.10. The highest BCUT2D eigenvalue weighted by molar-refractivity contribution is 5.94. The number of nitrogens with zero attached hydrogens (tertiary/aromatic N) is 1. The molecule has 5 heteroatoms. The number of methoxy groups -OCH3 is 1. The molecule has 5 nitrogen and oxygen atoms in total. The van der Waals surface area contributed by atoms with Crippen molar-refractivity contribution in [2.75, 3.05) is 32.1 Å². The smallest absolute Gasteiger partial charge is 0.227 e. The van der Waals surface area contributed by atoms with Gasteiger partial charge in [0, 0.05) is 12.5 Å². The number of β-amino-alcohol motifs (C(OH)–C–C–N with tert-alkyl or cyclic N) is 1. The summed E-state index contributed by atoms with van der Waals surface area (Å²) in [6, 6.07) is 17.2. The molecule has 2 aromatic carbocycles. The third-order valence-corrected chi connectivity index (χ3v) is 4.94. The van der Waals surface area contributed by atoms with Crippen LogP contribution in [0.2, 0.25) is 0 Å². The second-order valence-corrected chi connectivity index (χ2v) is 6.69. The summed E-state index contributed by atoms with van der Waals surface area (Å²) >= 11 is 0. The molecule has 1 heterocycles. The maximum atomic E-state index is 12.6. The number of piperidine rings is 1. The van der Waals surface area contributed by atoms with Gasteiger partial charge in [-0.25, -0.2) is 0 Å². The van der Waals surface area contributed by atoms with Crippen LogP contribution in [0.25, 0.3) is 0 Å². The van der Waals surface area contributed by atoms with Gasteiger partial charge in [-0.1, -0.05) is 42.5 Å². The Morgan fingerprint density at radius 3 is 2.50 bits per heavy atom. The normalized spacial score (nSPS) is 16.8. The van der Waals surface area contributed by atoms with E-state index in [1.807, 2.05) is 54.6 Å². The molecule has 0 spiro atoms. The predicted molar refractivity (Wildman–Crippen MR) is 102 cm³/mol. The van der Waals surface area contributed by atoms with Crippen molar-refractivity contribution in [3.63, 3.8) is 0 Å². The summed E-state index contributed by atoms with van der Waals surface area (Å²) in [4.78, 5) is 14.8. The molecule has 3 rings (SSSR count). The number of benzene rings is 2. The molecule has 1 atom stereocenters. The number of aliphatic hydroxyl groups is 1. The first-order valence-electron chi connectivity index (χ1n) is 9.06. The molecule has 0 radical (unpaired) electrons. The molecule has 0 aromatic heterocycles. The van der Waals surface area contributed by atoms with Gasteiger partial charge in [-0.05, 0) is 43.6 Å². The quantitative estimate of drug-likeness (QED) is 0.837. The molecule has 138 valence electrons. The largest absolute Gasteiger partial charge is 0.495 e. The number of hydrogen-bond acceptors (Lipinski definition) is 4. The highest BCUT2D eigenvalue weighted by atomic mass is 16.5. The van der Waals surface area contributed by atoms with Gasteiger partial charge in [0.15, 0.2) is 0 Å². The molecule has 1 saturated heterocycles. The van der Waals surface area contributed by atoms with E-state index in [4.69, 9.17) is 4.74 Å². The zero-order valence-corrected chi connectivity index (χ0v) is 15.1. The van der Waals surface area contributed by atoms with Crippen molar-refractivity contribution >= 4 is 11.6 Å². The number of aliphatic hydroxyl groups excluding tert-OH is 1. The fraction of sp³-hybridized carbons (Fsp3) is 0.381. The Morgan fingerprint density at radius 2 is 1.81 bits per heavy atom. The van der Waals surface area contributed by atoms with Gasteiger partial charge in [0.05, 0.1) is 18.9 Å². The van der Waals surface area contributed by atoms with Crippen LogP contribution in [0, 0.1) is 5.92 Å². The highest BCUT2D eigenvalue weighted by Gasteiger charge is 2.26. The summed E-state index contributed by atoms with van der Waals surface area (Å²) in [7, 11) is 1.60. The van der Waals surface area contributed by atoms with Crippen LogP contribution in [0.15, 0.2) is 54.6 Å². The van der Waals surface area contributed by atoms with Crippen LogP contribution in [-0.4, -0.2) is 42.7 Å². The van der Waals surface area contributed by atoms with Gasteiger partial charge in [-0.15, -0.1) is 0 Å². The lowest BCUT2D eigenvalue weighted by molar-refractivity contribution is -0.121. The Hall–Kier alpha value is -2.37. The number of rotatable bonds is 6. The van der Waals surface area contributed by atoms with Crippen LogP contribution < -0.4 is 10.1 Å². The molecule has 0 aliphatic carbocycles. The van der Waals surface area contributed by atoms with Gasteiger partial charge in [0.1, 0.15) is 5.75 Å². The summed E-state index contributed by atoms with van der Waals surface area (Å²) in [5.41, 5.74) is 1.64. The van der Waals surface area contributed by atoms with Crippen molar-refractivity contribution in [3.8, 4) is 5.75 Å².